The van der Waals surface area contributed by atoms with Crippen molar-refractivity contribution in [1.82, 2.24) is 5.32 Å². The first-order valence-corrected chi connectivity index (χ1v) is 5.47. The van der Waals surface area contributed by atoms with Crippen LogP contribution in [0.4, 0.5) is 11.4 Å². The Bertz CT molecular complexity index is 452. The fourth-order valence-corrected chi connectivity index (χ4v) is 1.44. The van der Waals surface area contributed by atoms with Gasteiger partial charge in [-0.25, -0.2) is 0 Å². The Kier molecular flexibility index (Phi) is 7.55. The number of carbonyl (C=O) groups is 2. The van der Waals surface area contributed by atoms with E-state index in [1.807, 2.05) is 0 Å². The second-order valence-corrected chi connectivity index (χ2v) is 3.67. The van der Waals surface area contributed by atoms with Crippen molar-refractivity contribution in [2.75, 3.05) is 31.3 Å². The summed E-state index contributed by atoms with van der Waals surface area (Å²) in [7, 11) is 3.20. The Balaban J connectivity index is 0.00000324. The van der Waals surface area contributed by atoms with Gasteiger partial charge in [0.1, 0.15) is 5.75 Å². The van der Waals surface area contributed by atoms with Crippen LogP contribution in [0.15, 0.2) is 18.2 Å². The Morgan fingerprint density at radius 3 is 2.47 bits per heavy atom. The van der Waals surface area contributed by atoms with Gasteiger partial charge in [-0.15, -0.1) is 12.4 Å². The van der Waals surface area contributed by atoms with Crippen molar-refractivity contribution in [3.05, 3.63) is 18.2 Å². The van der Waals surface area contributed by atoms with Crippen LogP contribution in [-0.2, 0) is 9.59 Å². The molecule has 2 amide bonds. The SMILES string of the molecule is CNCC(=O)Nc1cc(NC(C)=O)ccc1OC.Cl. The average molecular weight is 288 g/mol. The lowest BCUT2D eigenvalue weighted by molar-refractivity contribution is -0.115. The van der Waals surface area contributed by atoms with Crippen molar-refractivity contribution in [1.29, 1.82) is 0 Å². The zero-order valence-electron chi connectivity index (χ0n) is 11.1. The summed E-state index contributed by atoms with van der Waals surface area (Å²) < 4.78 is 5.14. The highest BCUT2D eigenvalue weighted by atomic mass is 35.5. The molecule has 6 nitrogen and oxygen atoms in total. The summed E-state index contributed by atoms with van der Waals surface area (Å²) in [4.78, 5) is 22.5. The van der Waals surface area contributed by atoms with E-state index < -0.39 is 0 Å². The van der Waals surface area contributed by atoms with Gasteiger partial charge < -0.3 is 20.7 Å². The van der Waals surface area contributed by atoms with Crippen LogP contribution in [0.5, 0.6) is 5.75 Å². The number of amides is 2. The molecule has 19 heavy (non-hydrogen) atoms. The highest BCUT2D eigenvalue weighted by Crippen LogP contribution is 2.27. The minimum Gasteiger partial charge on any atom is -0.495 e. The zero-order chi connectivity index (χ0) is 13.5. The fourth-order valence-electron chi connectivity index (χ4n) is 1.44. The van der Waals surface area contributed by atoms with Gasteiger partial charge in [-0.2, -0.15) is 0 Å². The van der Waals surface area contributed by atoms with Crippen molar-refractivity contribution < 1.29 is 14.3 Å². The van der Waals surface area contributed by atoms with Gasteiger partial charge in [0.05, 0.1) is 19.3 Å². The molecule has 0 aromatic heterocycles. The van der Waals surface area contributed by atoms with Gasteiger partial charge in [-0.3, -0.25) is 9.59 Å². The van der Waals surface area contributed by atoms with E-state index in [-0.39, 0.29) is 30.8 Å². The smallest absolute Gasteiger partial charge is 0.238 e. The number of methoxy groups -OCH3 is 1. The summed E-state index contributed by atoms with van der Waals surface area (Å²) in [6.07, 6.45) is 0. The molecule has 0 saturated heterocycles. The maximum absolute atomic E-state index is 11.5. The van der Waals surface area contributed by atoms with Crippen LogP contribution in [0.2, 0.25) is 0 Å². The molecule has 0 bridgehead atoms. The van der Waals surface area contributed by atoms with E-state index in [0.717, 1.165) is 0 Å². The van der Waals surface area contributed by atoms with Gasteiger partial charge in [-0.1, -0.05) is 0 Å². The maximum atomic E-state index is 11.5. The first-order valence-electron chi connectivity index (χ1n) is 5.47. The van der Waals surface area contributed by atoms with Crippen molar-refractivity contribution in [2.24, 2.45) is 0 Å². The van der Waals surface area contributed by atoms with Gasteiger partial charge in [0, 0.05) is 12.6 Å². The molecule has 0 heterocycles. The molecular weight excluding hydrogens is 270 g/mol. The standard InChI is InChI=1S/C12H17N3O3.ClH/c1-8(16)14-9-4-5-11(18-3)10(6-9)15-12(17)7-13-2;/h4-6,13H,7H2,1-3H3,(H,14,16)(H,15,17);1H. The predicted molar refractivity (Wildman–Crippen MR) is 77.1 cm³/mol. The third kappa shape index (κ3) is 5.58. The molecule has 3 N–H and O–H groups in total. The lowest BCUT2D eigenvalue weighted by atomic mass is 10.2. The first-order chi connectivity index (χ1) is 8.56. The van der Waals surface area contributed by atoms with Crippen LogP contribution in [0, 0.1) is 0 Å². The Morgan fingerprint density at radius 2 is 1.95 bits per heavy atom. The van der Waals surface area contributed by atoms with Gasteiger partial charge in [0.15, 0.2) is 0 Å². The van der Waals surface area contributed by atoms with Crippen LogP contribution in [-0.4, -0.2) is 32.5 Å². The molecule has 1 aromatic carbocycles. The van der Waals surface area contributed by atoms with Crippen LogP contribution in [0.25, 0.3) is 0 Å². The lowest BCUT2D eigenvalue weighted by Gasteiger charge is -2.12. The fraction of sp³-hybridized carbons (Fsp3) is 0.333. The number of carbonyl (C=O) groups excluding carboxylic acids is 2. The second kappa shape index (κ2) is 8.34. The lowest BCUT2D eigenvalue weighted by Crippen LogP contribution is -2.25. The number of halogens is 1. The summed E-state index contributed by atoms with van der Waals surface area (Å²) in [6.45, 7) is 1.62. The minimum atomic E-state index is -0.184. The van der Waals surface area contributed by atoms with Crippen LogP contribution < -0.4 is 20.7 Å². The maximum Gasteiger partial charge on any atom is 0.238 e. The Labute approximate surface area is 118 Å². The number of hydrogen-bond acceptors (Lipinski definition) is 4. The molecule has 106 valence electrons. The largest absolute Gasteiger partial charge is 0.495 e. The minimum absolute atomic E-state index is 0. The molecule has 0 aliphatic carbocycles. The van der Waals surface area contributed by atoms with E-state index in [2.05, 4.69) is 16.0 Å². The molecular formula is C12H18ClN3O3. The molecule has 1 rings (SSSR count). The van der Waals surface area contributed by atoms with Crippen LogP contribution in [0.1, 0.15) is 6.92 Å². The van der Waals surface area contributed by atoms with E-state index in [1.54, 1.807) is 25.2 Å². The van der Waals surface area contributed by atoms with E-state index in [9.17, 15) is 9.59 Å². The van der Waals surface area contributed by atoms with Gasteiger partial charge in [-0.05, 0) is 25.2 Å². The van der Waals surface area contributed by atoms with E-state index in [1.165, 1.54) is 14.0 Å². The molecule has 0 spiro atoms. The zero-order valence-corrected chi connectivity index (χ0v) is 11.9. The summed E-state index contributed by atoms with van der Waals surface area (Å²) in [5.41, 5.74) is 1.12. The van der Waals surface area contributed by atoms with Gasteiger partial charge >= 0.3 is 0 Å². The number of anilines is 2. The molecule has 1 aromatic rings. The average Bonchev–Trinajstić information content (AvgIpc) is 2.28. The summed E-state index contributed by atoms with van der Waals surface area (Å²) in [5.74, 6) is 0.178. The van der Waals surface area contributed by atoms with Crippen molar-refractivity contribution in [3.8, 4) is 5.75 Å². The molecule has 0 fully saturated rings. The first kappa shape index (κ1) is 17.2. The summed E-state index contributed by atoms with van der Waals surface area (Å²) in [5, 5.41) is 8.09. The topological polar surface area (TPSA) is 79.5 Å². The number of ether oxygens (including phenoxy) is 1. The second-order valence-electron chi connectivity index (χ2n) is 3.67. The van der Waals surface area contributed by atoms with Crippen LogP contribution >= 0.6 is 12.4 Å². The molecule has 0 radical (unpaired) electrons. The normalized spacial score (nSPS) is 9.21. The molecule has 0 saturated carbocycles. The monoisotopic (exact) mass is 287 g/mol. The quantitative estimate of drug-likeness (QED) is 0.761. The highest BCUT2D eigenvalue weighted by molar-refractivity contribution is 5.95. The summed E-state index contributed by atoms with van der Waals surface area (Å²) in [6, 6.07) is 5.03. The molecule has 7 heteroatoms. The molecule has 0 aliphatic rings. The predicted octanol–water partition coefficient (Wildman–Crippen LogP) is 1.23. The Morgan fingerprint density at radius 1 is 1.26 bits per heavy atom. The molecule has 0 atom stereocenters. The van der Waals surface area contributed by atoms with E-state index in [0.29, 0.717) is 17.1 Å². The van der Waals surface area contributed by atoms with Gasteiger partial charge in [0.2, 0.25) is 11.8 Å². The third-order valence-corrected chi connectivity index (χ3v) is 2.13. The van der Waals surface area contributed by atoms with Crippen molar-refractivity contribution in [2.45, 2.75) is 6.92 Å². The molecule has 0 aliphatic heterocycles. The number of hydrogen-bond donors (Lipinski definition) is 3. The number of likely N-dealkylation sites (N-methyl/N-ethyl adjacent to an activating group) is 1. The van der Waals surface area contributed by atoms with E-state index >= 15 is 0 Å². The highest BCUT2D eigenvalue weighted by Gasteiger charge is 2.08. The van der Waals surface area contributed by atoms with Gasteiger partial charge in [0.25, 0.3) is 0 Å². The van der Waals surface area contributed by atoms with Crippen molar-refractivity contribution in [3.63, 3.8) is 0 Å². The number of benzene rings is 1. The Hall–Kier alpha value is -1.79. The summed E-state index contributed by atoms with van der Waals surface area (Å²) >= 11 is 0. The van der Waals surface area contributed by atoms with Crippen molar-refractivity contribution >= 4 is 35.6 Å². The van der Waals surface area contributed by atoms with Crippen LogP contribution in [0.3, 0.4) is 0 Å². The number of rotatable bonds is 5. The molecule has 0 unspecified atom stereocenters. The third-order valence-electron chi connectivity index (χ3n) is 2.13. The number of nitrogens with one attached hydrogen (secondary N) is 3. The van der Waals surface area contributed by atoms with E-state index in [4.69, 9.17) is 4.74 Å².